The number of carboxylic acid groups (broad SMARTS) is 1. The maximum atomic E-state index is 13.1. The Balaban J connectivity index is 3.52. The predicted octanol–water partition coefficient (Wildman–Crippen LogP) is 6.59. The molecule has 32 heavy (non-hydrogen) atoms. The van der Waals surface area contributed by atoms with Gasteiger partial charge in [-0.2, -0.15) is 13.2 Å². The van der Waals surface area contributed by atoms with E-state index in [1.165, 1.54) is 12.1 Å². The number of aliphatic carboxylic acids is 1. The maximum Gasteiger partial charge on any atom is 0.416 e. The van der Waals surface area contributed by atoms with Crippen LogP contribution in [0.3, 0.4) is 0 Å². The van der Waals surface area contributed by atoms with Gasteiger partial charge in [0.2, 0.25) is 0 Å². The van der Waals surface area contributed by atoms with Gasteiger partial charge in [0.05, 0.1) is 17.6 Å². The Morgan fingerprint density at radius 1 is 1.00 bits per heavy atom. The number of esters is 1. The molecule has 5 nitrogen and oxygen atoms in total. The number of carbonyl (C=O) groups is 2. The Bertz CT molecular complexity index is 790. The fraction of sp³-hybridized carbons (Fsp3) is 0.652. The highest BCUT2D eigenvalue weighted by Gasteiger charge is 2.44. The van der Waals surface area contributed by atoms with Gasteiger partial charge in [-0.25, -0.2) is 0 Å². The minimum atomic E-state index is -4.50. The van der Waals surface area contributed by atoms with Crippen molar-refractivity contribution in [2.45, 2.75) is 90.4 Å². The zero-order chi connectivity index (χ0) is 25.1. The van der Waals surface area contributed by atoms with Crippen LogP contribution in [0.5, 0.6) is 0 Å². The van der Waals surface area contributed by atoms with E-state index in [0.29, 0.717) is 5.56 Å². The summed E-state index contributed by atoms with van der Waals surface area (Å²) in [7, 11) is -2.50. The van der Waals surface area contributed by atoms with Crippen molar-refractivity contribution >= 4 is 20.3 Å². The average Bonchev–Trinajstić information content (AvgIpc) is 2.57. The average molecular weight is 477 g/mol. The van der Waals surface area contributed by atoms with Gasteiger partial charge in [0, 0.05) is 6.42 Å². The number of carbonyl (C=O) groups excluding carboxylic acids is 1. The van der Waals surface area contributed by atoms with E-state index in [-0.39, 0.29) is 17.9 Å². The topological polar surface area (TPSA) is 72.8 Å². The molecule has 0 spiro atoms. The third-order valence-corrected chi connectivity index (χ3v) is 9.99. The molecule has 0 aromatic heterocycles. The Kier molecular flexibility index (Phi) is 8.75. The lowest BCUT2D eigenvalue weighted by atomic mass is 9.91. The molecule has 1 aromatic rings. The number of benzene rings is 1. The molecule has 0 aliphatic rings. The number of rotatable bonds is 8. The molecule has 0 saturated carbocycles. The van der Waals surface area contributed by atoms with Crippen molar-refractivity contribution in [2.24, 2.45) is 5.92 Å². The molecule has 2 atom stereocenters. The van der Waals surface area contributed by atoms with Crippen molar-refractivity contribution in [3.8, 4) is 0 Å². The Morgan fingerprint density at radius 3 is 1.88 bits per heavy atom. The van der Waals surface area contributed by atoms with Gasteiger partial charge in [0.1, 0.15) is 5.60 Å². The molecule has 0 radical (unpaired) electrons. The quantitative estimate of drug-likeness (QED) is 0.338. The summed E-state index contributed by atoms with van der Waals surface area (Å²) in [6.07, 6.45) is -5.80. The van der Waals surface area contributed by atoms with Crippen LogP contribution in [0, 0.1) is 5.92 Å². The normalized spacial score (nSPS) is 15.2. The molecule has 0 aliphatic carbocycles. The van der Waals surface area contributed by atoms with Gasteiger partial charge >= 0.3 is 18.1 Å². The molecule has 0 amide bonds. The summed E-state index contributed by atoms with van der Waals surface area (Å²) in [5, 5.41) is 8.96. The highest BCUT2D eigenvalue weighted by atomic mass is 28.4. The minimum absolute atomic E-state index is 0.0649. The van der Waals surface area contributed by atoms with Gasteiger partial charge in [-0.05, 0) is 63.0 Å². The van der Waals surface area contributed by atoms with E-state index >= 15 is 0 Å². The summed E-state index contributed by atoms with van der Waals surface area (Å²) in [4.78, 5) is 24.3. The van der Waals surface area contributed by atoms with E-state index in [1.807, 2.05) is 33.9 Å². The molecule has 0 aliphatic heterocycles. The van der Waals surface area contributed by atoms with Crippen molar-refractivity contribution in [1.29, 1.82) is 0 Å². The van der Waals surface area contributed by atoms with E-state index in [0.717, 1.165) is 12.1 Å². The lowest BCUT2D eigenvalue weighted by Gasteiger charge is -2.41. The molecule has 1 rings (SSSR count). The molecule has 9 heteroatoms. The number of alkyl halides is 3. The summed E-state index contributed by atoms with van der Waals surface area (Å²) in [5.74, 6) is -2.71. The summed E-state index contributed by atoms with van der Waals surface area (Å²) in [5.41, 5.74) is -1.25. The molecule has 0 bridgehead atoms. The van der Waals surface area contributed by atoms with Crippen molar-refractivity contribution in [3.05, 3.63) is 35.4 Å². The number of hydrogen-bond donors (Lipinski definition) is 1. The van der Waals surface area contributed by atoms with Crippen LogP contribution in [0.25, 0.3) is 0 Å². The van der Waals surface area contributed by atoms with E-state index in [2.05, 4.69) is 0 Å². The zero-order valence-electron chi connectivity index (χ0n) is 20.1. The molecule has 0 unspecified atom stereocenters. The van der Waals surface area contributed by atoms with E-state index in [4.69, 9.17) is 9.16 Å². The van der Waals surface area contributed by atoms with Gasteiger partial charge in [-0.15, -0.1) is 0 Å². The lowest BCUT2D eigenvalue weighted by molar-refractivity contribution is -0.164. The molecular weight excluding hydrogens is 441 g/mol. The van der Waals surface area contributed by atoms with Crippen LogP contribution < -0.4 is 0 Å². The van der Waals surface area contributed by atoms with Crippen LogP contribution >= 0.6 is 0 Å². The fourth-order valence-electron chi connectivity index (χ4n) is 2.79. The molecule has 1 N–H and O–H groups in total. The van der Waals surface area contributed by atoms with E-state index in [1.54, 1.807) is 20.8 Å². The van der Waals surface area contributed by atoms with Gasteiger partial charge in [-0.3, -0.25) is 9.59 Å². The first-order valence-electron chi connectivity index (χ1n) is 10.5. The van der Waals surface area contributed by atoms with Crippen LogP contribution in [0.1, 0.15) is 71.6 Å². The van der Waals surface area contributed by atoms with E-state index < -0.39 is 49.6 Å². The molecule has 0 heterocycles. The summed E-state index contributed by atoms with van der Waals surface area (Å²) in [6.45, 7) is 15.0. The number of carboxylic acids is 1. The monoisotopic (exact) mass is 476 g/mol. The summed E-state index contributed by atoms with van der Waals surface area (Å²) < 4.78 is 51.2. The largest absolute Gasteiger partial charge is 0.481 e. The first-order valence-corrected chi connectivity index (χ1v) is 13.4. The molecule has 182 valence electrons. The van der Waals surface area contributed by atoms with Crippen LogP contribution in [-0.4, -0.2) is 31.0 Å². The zero-order valence-corrected chi connectivity index (χ0v) is 21.1. The smallest absolute Gasteiger partial charge is 0.416 e. The number of halogens is 3. The van der Waals surface area contributed by atoms with Crippen LogP contribution in [0.2, 0.25) is 18.1 Å². The number of ether oxygens (including phenoxy) is 1. The second-order valence-electron chi connectivity index (χ2n) is 10.5. The second kappa shape index (κ2) is 9.95. The Labute approximate surface area is 189 Å². The third kappa shape index (κ3) is 8.24. The minimum Gasteiger partial charge on any atom is -0.481 e. The maximum absolute atomic E-state index is 13.1. The van der Waals surface area contributed by atoms with Crippen LogP contribution in [0.4, 0.5) is 13.2 Å². The highest BCUT2D eigenvalue weighted by molar-refractivity contribution is 6.74. The first kappa shape index (κ1) is 28.2. The van der Waals surface area contributed by atoms with Crippen LogP contribution in [0.15, 0.2) is 24.3 Å². The Morgan fingerprint density at radius 2 is 1.50 bits per heavy atom. The van der Waals surface area contributed by atoms with Gasteiger partial charge in [0.25, 0.3) is 0 Å². The van der Waals surface area contributed by atoms with Crippen molar-refractivity contribution in [3.63, 3.8) is 0 Å². The molecule has 1 aromatic carbocycles. The van der Waals surface area contributed by atoms with E-state index in [9.17, 15) is 27.9 Å². The third-order valence-electron chi connectivity index (χ3n) is 5.54. The van der Waals surface area contributed by atoms with Crippen molar-refractivity contribution in [1.82, 2.24) is 0 Å². The predicted molar refractivity (Wildman–Crippen MR) is 119 cm³/mol. The van der Waals surface area contributed by atoms with Gasteiger partial charge < -0.3 is 14.3 Å². The van der Waals surface area contributed by atoms with Gasteiger partial charge in [0.15, 0.2) is 8.32 Å². The highest BCUT2D eigenvalue weighted by Crippen LogP contribution is 2.43. The number of hydrogen-bond acceptors (Lipinski definition) is 4. The summed E-state index contributed by atoms with van der Waals surface area (Å²) in [6, 6.07) is 4.47. The second-order valence-corrected chi connectivity index (χ2v) is 15.2. The fourth-order valence-corrected chi connectivity index (χ4v) is 4.08. The molecule has 0 saturated heterocycles. The summed E-state index contributed by atoms with van der Waals surface area (Å²) >= 11 is 0. The first-order chi connectivity index (χ1) is 14.2. The van der Waals surface area contributed by atoms with Crippen LogP contribution in [-0.2, 0) is 24.9 Å². The SMILES string of the molecule is CC(C)(C)OC(=O)[C@H](CCC(=O)O)[C@H](O[Si](C)(C)C(C)(C)C)c1ccc(C(F)(F)F)cc1. The van der Waals surface area contributed by atoms with Crippen molar-refractivity contribution < 1.29 is 37.0 Å². The molecular formula is C23H35F3O5Si. The van der Waals surface area contributed by atoms with Crippen molar-refractivity contribution in [2.75, 3.05) is 0 Å². The molecule has 0 fully saturated rings. The standard InChI is InChI=1S/C23H35F3O5Si/c1-21(2,3)30-20(29)17(13-14-18(27)28)19(31-32(7,8)22(4,5)6)15-9-11-16(12-10-15)23(24,25)26/h9-12,17,19H,13-14H2,1-8H3,(H,27,28)/t17-,19-/m1/s1. The van der Waals surface area contributed by atoms with Gasteiger partial charge in [-0.1, -0.05) is 32.9 Å². The lowest BCUT2D eigenvalue weighted by Crippen LogP contribution is -2.44. The Hall–Kier alpha value is -1.87.